The number of hydrogen-bond acceptors (Lipinski definition) is 3. The highest BCUT2D eigenvalue weighted by Crippen LogP contribution is 2.13. The highest BCUT2D eigenvalue weighted by molar-refractivity contribution is 4.98. The lowest BCUT2D eigenvalue weighted by Crippen LogP contribution is -2.13. The molecule has 0 aliphatic carbocycles. The molecule has 0 aromatic carbocycles. The van der Waals surface area contributed by atoms with E-state index in [1.165, 1.54) is 70.6 Å². The van der Waals surface area contributed by atoms with E-state index < -0.39 is 0 Å². The van der Waals surface area contributed by atoms with E-state index in [9.17, 15) is 10.2 Å². The van der Waals surface area contributed by atoms with Gasteiger partial charge in [0, 0.05) is 31.8 Å². The molecular weight excluding hydrogens is 310 g/mol. The first-order chi connectivity index (χ1) is 12.1. The van der Waals surface area contributed by atoms with Crippen molar-refractivity contribution in [3.05, 3.63) is 23.9 Å². The second-order valence-corrected chi connectivity index (χ2v) is 7.07. The molecule has 0 spiro atoms. The maximum Gasteiger partial charge on any atom is 0.108 e. The Balaban J connectivity index is 3.71. The summed E-state index contributed by atoms with van der Waals surface area (Å²) < 4.78 is 0. The predicted molar refractivity (Wildman–Crippen MR) is 110 cm³/mol. The molecule has 0 radical (unpaired) electrons. The summed E-state index contributed by atoms with van der Waals surface area (Å²) in [5.41, 5.74) is 0. The van der Waals surface area contributed by atoms with Crippen LogP contribution in [0, 0.1) is 0 Å². The van der Waals surface area contributed by atoms with Gasteiger partial charge < -0.3 is 15.1 Å². The maximum absolute atomic E-state index is 9.71. The summed E-state index contributed by atoms with van der Waals surface area (Å²) in [6.45, 7) is 6.98. The third-order valence-electron chi connectivity index (χ3n) is 4.62. The SMILES string of the molecule is CCCCCCCCCCCCCCN(C=C(O)CC)C=C(O)CC. The standard InChI is InChI=1S/C22H43NO2/c1-4-7-8-9-10-11-12-13-14-15-16-17-18-23(19-21(24)5-2)20-22(25)6-3/h19-20,24-25H,4-18H2,1-3H3. The molecule has 3 nitrogen and oxygen atoms in total. The van der Waals surface area contributed by atoms with Gasteiger partial charge in [-0.25, -0.2) is 0 Å². The number of nitrogens with zero attached hydrogens (tertiary/aromatic N) is 1. The lowest BCUT2D eigenvalue weighted by molar-refractivity contribution is 0.344. The average molecular weight is 354 g/mol. The molecule has 0 heterocycles. The molecule has 2 N–H and O–H groups in total. The van der Waals surface area contributed by atoms with Crippen molar-refractivity contribution < 1.29 is 10.2 Å². The zero-order chi connectivity index (χ0) is 18.8. The van der Waals surface area contributed by atoms with Crippen LogP contribution in [0.5, 0.6) is 0 Å². The molecule has 0 rings (SSSR count). The van der Waals surface area contributed by atoms with Crippen molar-refractivity contribution >= 4 is 0 Å². The van der Waals surface area contributed by atoms with Gasteiger partial charge >= 0.3 is 0 Å². The Morgan fingerprint density at radius 2 is 0.960 bits per heavy atom. The minimum absolute atomic E-state index is 0.360. The highest BCUT2D eigenvalue weighted by Gasteiger charge is 2.01. The zero-order valence-corrected chi connectivity index (χ0v) is 17.1. The summed E-state index contributed by atoms with van der Waals surface area (Å²) in [5.74, 6) is 0.721. The van der Waals surface area contributed by atoms with Crippen LogP contribution in [0.25, 0.3) is 0 Å². The molecule has 0 unspecified atom stereocenters. The maximum atomic E-state index is 9.71. The molecule has 0 saturated carbocycles. The summed E-state index contributed by atoms with van der Waals surface area (Å²) in [7, 11) is 0. The van der Waals surface area contributed by atoms with Gasteiger partial charge in [0.1, 0.15) is 11.5 Å². The van der Waals surface area contributed by atoms with Gasteiger partial charge in [0.15, 0.2) is 0 Å². The third-order valence-corrected chi connectivity index (χ3v) is 4.62. The van der Waals surface area contributed by atoms with E-state index >= 15 is 0 Å². The molecule has 0 saturated heterocycles. The largest absolute Gasteiger partial charge is 0.511 e. The minimum Gasteiger partial charge on any atom is -0.511 e. The number of aliphatic hydroxyl groups is 2. The van der Waals surface area contributed by atoms with Gasteiger partial charge in [-0.1, -0.05) is 91.4 Å². The van der Waals surface area contributed by atoms with E-state index in [0.717, 1.165) is 13.0 Å². The van der Waals surface area contributed by atoms with Gasteiger partial charge in [0.25, 0.3) is 0 Å². The summed E-state index contributed by atoms with van der Waals surface area (Å²) in [5, 5.41) is 19.4. The summed E-state index contributed by atoms with van der Waals surface area (Å²) in [6.07, 6.45) is 20.8. The van der Waals surface area contributed by atoms with Crippen molar-refractivity contribution in [1.82, 2.24) is 4.90 Å². The first-order valence-electron chi connectivity index (χ1n) is 10.7. The molecule has 0 aromatic rings. The van der Waals surface area contributed by atoms with Crippen molar-refractivity contribution in [3.8, 4) is 0 Å². The van der Waals surface area contributed by atoms with Crippen LogP contribution in [0.15, 0.2) is 23.9 Å². The van der Waals surface area contributed by atoms with E-state index in [4.69, 9.17) is 0 Å². The second kappa shape index (κ2) is 17.7. The third kappa shape index (κ3) is 16.1. The Hall–Kier alpha value is -1.12. The van der Waals surface area contributed by atoms with Crippen LogP contribution in [0.4, 0.5) is 0 Å². The van der Waals surface area contributed by atoms with E-state index in [1.54, 1.807) is 12.4 Å². The normalized spacial score (nSPS) is 12.6. The summed E-state index contributed by atoms with van der Waals surface area (Å²) in [4.78, 5) is 1.92. The zero-order valence-electron chi connectivity index (χ0n) is 17.1. The van der Waals surface area contributed by atoms with Gasteiger partial charge in [-0.15, -0.1) is 0 Å². The van der Waals surface area contributed by atoms with Crippen molar-refractivity contribution in [2.45, 2.75) is 111 Å². The fourth-order valence-electron chi connectivity index (χ4n) is 2.87. The Kier molecular flexibility index (Phi) is 16.9. The minimum atomic E-state index is 0.360. The number of aliphatic hydroxyl groups excluding tert-OH is 2. The van der Waals surface area contributed by atoms with E-state index in [2.05, 4.69) is 6.92 Å². The molecule has 0 atom stereocenters. The summed E-state index contributed by atoms with van der Waals surface area (Å²) >= 11 is 0. The topological polar surface area (TPSA) is 43.7 Å². The number of rotatable bonds is 17. The van der Waals surface area contributed by atoms with Crippen LogP contribution in [0.1, 0.15) is 111 Å². The van der Waals surface area contributed by atoms with Gasteiger partial charge in [-0.2, -0.15) is 0 Å². The Bertz CT molecular complexity index is 330. The first-order valence-corrected chi connectivity index (χ1v) is 10.7. The van der Waals surface area contributed by atoms with Gasteiger partial charge in [0.05, 0.1) is 0 Å². The summed E-state index contributed by atoms with van der Waals surface area (Å²) in [6, 6.07) is 0. The van der Waals surface area contributed by atoms with Crippen molar-refractivity contribution in [1.29, 1.82) is 0 Å². The molecular formula is C22H43NO2. The quantitative estimate of drug-likeness (QED) is 0.209. The molecule has 0 amide bonds. The molecule has 0 aliphatic heterocycles. The molecule has 0 aliphatic rings. The number of allylic oxidation sites excluding steroid dienone is 2. The fraction of sp³-hybridized carbons (Fsp3) is 0.818. The average Bonchev–Trinajstić information content (AvgIpc) is 2.62. The van der Waals surface area contributed by atoms with Gasteiger partial charge in [0.2, 0.25) is 0 Å². The van der Waals surface area contributed by atoms with Crippen LogP contribution in [0.3, 0.4) is 0 Å². The molecule has 0 aromatic heterocycles. The van der Waals surface area contributed by atoms with Gasteiger partial charge in [-0.05, 0) is 6.42 Å². The smallest absolute Gasteiger partial charge is 0.108 e. The molecule has 25 heavy (non-hydrogen) atoms. The fourth-order valence-corrected chi connectivity index (χ4v) is 2.87. The lowest BCUT2D eigenvalue weighted by Gasteiger charge is -2.17. The molecule has 148 valence electrons. The highest BCUT2D eigenvalue weighted by atomic mass is 16.3. The van der Waals surface area contributed by atoms with Crippen LogP contribution < -0.4 is 0 Å². The van der Waals surface area contributed by atoms with E-state index in [-0.39, 0.29) is 0 Å². The molecule has 0 fully saturated rings. The Morgan fingerprint density at radius 1 is 0.600 bits per heavy atom. The van der Waals surface area contributed by atoms with Crippen molar-refractivity contribution in [3.63, 3.8) is 0 Å². The van der Waals surface area contributed by atoms with Crippen molar-refractivity contribution in [2.75, 3.05) is 6.54 Å². The predicted octanol–water partition coefficient (Wildman–Crippen LogP) is 7.61. The molecule has 0 bridgehead atoms. The van der Waals surface area contributed by atoms with Crippen LogP contribution in [-0.4, -0.2) is 21.7 Å². The van der Waals surface area contributed by atoms with Crippen LogP contribution in [0.2, 0.25) is 0 Å². The van der Waals surface area contributed by atoms with E-state index in [1.807, 2.05) is 18.7 Å². The Morgan fingerprint density at radius 3 is 1.32 bits per heavy atom. The number of hydrogen-bond donors (Lipinski definition) is 2. The van der Waals surface area contributed by atoms with Crippen LogP contribution >= 0.6 is 0 Å². The van der Waals surface area contributed by atoms with Crippen molar-refractivity contribution in [2.24, 2.45) is 0 Å². The first kappa shape index (κ1) is 23.9. The second-order valence-electron chi connectivity index (χ2n) is 7.07. The van der Waals surface area contributed by atoms with E-state index in [0.29, 0.717) is 24.4 Å². The monoisotopic (exact) mass is 353 g/mol. The van der Waals surface area contributed by atoms with Gasteiger partial charge in [-0.3, -0.25) is 0 Å². The molecule has 3 heteroatoms. The lowest BCUT2D eigenvalue weighted by atomic mass is 10.1. The Labute approximate surface area is 156 Å². The number of unbranched alkanes of at least 4 members (excludes halogenated alkanes) is 11. The van der Waals surface area contributed by atoms with Crippen LogP contribution in [-0.2, 0) is 0 Å².